The third-order valence-corrected chi connectivity index (χ3v) is 8.85. The number of hydrogen-bond acceptors (Lipinski definition) is 1. The molecule has 0 radical (unpaired) electrons. The van der Waals surface area contributed by atoms with Crippen LogP contribution in [-0.4, -0.2) is 0 Å². The second-order valence-electron chi connectivity index (χ2n) is 11.3. The van der Waals surface area contributed by atoms with E-state index in [9.17, 15) is 0 Å². The zero-order valence-corrected chi connectivity index (χ0v) is 23.4. The SMILES string of the molecule is c1ccc(-c2cccc3c(-c4ccc5oc6ccccc6c5c4)c4cccc(-c5ccc6ccccc6c5)c4cc23)cc1. The minimum Gasteiger partial charge on any atom is -0.456 e. The molecule has 0 amide bonds. The molecule has 9 aromatic rings. The molecule has 0 bridgehead atoms. The van der Waals surface area contributed by atoms with Crippen molar-refractivity contribution in [1.29, 1.82) is 0 Å². The highest BCUT2D eigenvalue weighted by atomic mass is 16.3. The molecule has 9 rings (SSSR count). The Labute approximate surface area is 249 Å². The van der Waals surface area contributed by atoms with E-state index in [0.717, 1.165) is 21.9 Å². The van der Waals surface area contributed by atoms with Crippen molar-refractivity contribution < 1.29 is 4.42 Å². The second-order valence-corrected chi connectivity index (χ2v) is 11.3. The van der Waals surface area contributed by atoms with Crippen LogP contribution in [0.5, 0.6) is 0 Å². The lowest BCUT2D eigenvalue weighted by Crippen LogP contribution is -1.90. The predicted molar refractivity (Wildman–Crippen MR) is 183 cm³/mol. The van der Waals surface area contributed by atoms with Crippen LogP contribution in [0.2, 0.25) is 0 Å². The first-order valence-electron chi connectivity index (χ1n) is 14.8. The van der Waals surface area contributed by atoms with Gasteiger partial charge in [0.1, 0.15) is 11.2 Å². The van der Waals surface area contributed by atoms with Crippen LogP contribution in [0, 0.1) is 0 Å². The fraction of sp³-hybridized carbons (Fsp3) is 0. The van der Waals surface area contributed by atoms with Crippen molar-refractivity contribution in [3.05, 3.63) is 158 Å². The Bertz CT molecular complexity index is 2500. The summed E-state index contributed by atoms with van der Waals surface area (Å²) in [5, 5.41) is 9.79. The predicted octanol–water partition coefficient (Wildman–Crippen LogP) is 12.0. The van der Waals surface area contributed by atoms with E-state index < -0.39 is 0 Å². The van der Waals surface area contributed by atoms with E-state index in [-0.39, 0.29) is 0 Å². The molecule has 0 spiro atoms. The highest BCUT2D eigenvalue weighted by Crippen LogP contribution is 2.44. The summed E-state index contributed by atoms with van der Waals surface area (Å²) in [6, 6.07) is 57.0. The molecule has 0 unspecified atom stereocenters. The van der Waals surface area contributed by atoms with Gasteiger partial charge in [-0.2, -0.15) is 0 Å². The lowest BCUT2D eigenvalue weighted by atomic mass is 9.86. The van der Waals surface area contributed by atoms with Gasteiger partial charge in [0.05, 0.1) is 0 Å². The molecule has 200 valence electrons. The highest BCUT2D eigenvalue weighted by Gasteiger charge is 2.17. The van der Waals surface area contributed by atoms with E-state index in [1.54, 1.807) is 0 Å². The summed E-state index contributed by atoms with van der Waals surface area (Å²) in [6.07, 6.45) is 0. The number of benzene rings is 8. The van der Waals surface area contributed by atoms with Gasteiger partial charge in [0, 0.05) is 10.8 Å². The largest absolute Gasteiger partial charge is 0.456 e. The van der Waals surface area contributed by atoms with Crippen molar-refractivity contribution in [3.63, 3.8) is 0 Å². The van der Waals surface area contributed by atoms with Crippen molar-refractivity contribution >= 4 is 54.3 Å². The van der Waals surface area contributed by atoms with Crippen molar-refractivity contribution in [2.75, 3.05) is 0 Å². The summed E-state index contributed by atoms with van der Waals surface area (Å²) < 4.78 is 6.21. The molecule has 0 saturated carbocycles. The van der Waals surface area contributed by atoms with Crippen LogP contribution in [0.3, 0.4) is 0 Å². The van der Waals surface area contributed by atoms with Gasteiger partial charge in [-0.3, -0.25) is 0 Å². The molecule has 1 nitrogen and oxygen atoms in total. The van der Waals surface area contributed by atoms with Gasteiger partial charge in [0.2, 0.25) is 0 Å². The first-order chi connectivity index (χ1) is 21.3. The topological polar surface area (TPSA) is 13.1 Å². The first-order valence-corrected chi connectivity index (χ1v) is 14.8. The summed E-state index contributed by atoms with van der Waals surface area (Å²) in [4.78, 5) is 0. The molecular weight excluding hydrogens is 520 g/mol. The van der Waals surface area contributed by atoms with Crippen LogP contribution in [0.4, 0.5) is 0 Å². The molecule has 0 fully saturated rings. The molecule has 1 aromatic heterocycles. The van der Waals surface area contributed by atoms with E-state index in [1.165, 1.54) is 65.7 Å². The number of rotatable bonds is 3. The quantitative estimate of drug-likeness (QED) is 0.201. The normalized spacial score (nSPS) is 11.7. The van der Waals surface area contributed by atoms with Gasteiger partial charge in [0.15, 0.2) is 0 Å². The lowest BCUT2D eigenvalue weighted by molar-refractivity contribution is 0.669. The summed E-state index contributed by atoms with van der Waals surface area (Å²) in [7, 11) is 0. The Morgan fingerprint density at radius 3 is 1.74 bits per heavy atom. The number of hydrogen-bond donors (Lipinski definition) is 0. The van der Waals surface area contributed by atoms with Gasteiger partial charge in [0.25, 0.3) is 0 Å². The summed E-state index contributed by atoms with van der Waals surface area (Å²) in [5.74, 6) is 0. The van der Waals surface area contributed by atoms with E-state index in [1.807, 2.05) is 12.1 Å². The maximum atomic E-state index is 6.21. The standard InChI is InChI=1S/C42H26O/c1-2-11-28(12-3-1)32-15-8-17-35-37(32)26-38-33(30-21-20-27-10-4-5-13-29(27)24-30)16-9-18-36(38)42(35)31-22-23-41-39(25-31)34-14-6-7-19-40(34)43-41/h1-26H. The fourth-order valence-corrected chi connectivity index (χ4v) is 6.84. The molecule has 0 N–H and O–H groups in total. The fourth-order valence-electron chi connectivity index (χ4n) is 6.84. The Balaban J connectivity index is 1.41. The van der Waals surface area contributed by atoms with Crippen LogP contribution in [0.1, 0.15) is 0 Å². The van der Waals surface area contributed by atoms with Crippen LogP contribution in [-0.2, 0) is 0 Å². The van der Waals surface area contributed by atoms with Gasteiger partial charge >= 0.3 is 0 Å². The second kappa shape index (κ2) is 9.44. The number of fused-ring (bicyclic) bond motifs is 6. The molecule has 8 aromatic carbocycles. The van der Waals surface area contributed by atoms with Gasteiger partial charge in [-0.25, -0.2) is 0 Å². The monoisotopic (exact) mass is 546 g/mol. The van der Waals surface area contributed by atoms with E-state index in [0.29, 0.717) is 0 Å². The highest BCUT2D eigenvalue weighted by molar-refractivity contribution is 6.20. The zero-order valence-electron chi connectivity index (χ0n) is 23.4. The summed E-state index contributed by atoms with van der Waals surface area (Å²) >= 11 is 0. The van der Waals surface area contributed by atoms with Gasteiger partial charge < -0.3 is 4.42 Å². The molecule has 0 aliphatic heterocycles. The average Bonchev–Trinajstić information content (AvgIpc) is 3.45. The molecular formula is C42H26O. The minimum atomic E-state index is 0.913. The van der Waals surface area contributed by atoms with E-state index >= 15 is 0 Å². The van der Waals surface area contributed by atoms with Crippen LogP contribution in [0.25, 0.3) is 87.6 Å². The molecule has 0 atom stereocenters. The lowest BCUT2D eigenvalue weighted by Gasteiger charge is -2.17. The molecule has 1 heterocycles. The summed E-state index contributed by atoms with van der Waals surface area (Å²) in [6.45, 7) is 0. The zero-order chi connectivity index (χ0) is 28.3. The third kappa shape index (κ3) is 3.79. The van der Waals surface area contributed by atoms with Crippen LogP contribution in [0.15, 0.2) is 162 Å². The molecule has 0 aliphatic carbocycles. The van der Waals surface area contributed by atoms with Gasteiger partial charge in [-0.05, 0) is 96.0 Å². The maximum Gasteiger partial charge on any atom is 0.135 e. The Morgan fingerprint density at radius 1 is 0.302 bits per heavy atom. The van der Waals surface area contributed by atoms with E-state index in [4.69, 9.17) is 4.42 Å². The Morgan fingerprint density at radius 2 is 0.930 bits per heavy atom. The number of furan rings is 1. The molecule has 43 heavy (non-hydrogen) atoms. The van der Waals surface area contributed by atoms with E-state index in [2.05, 4.69) is 146 Å². The summed E-state index contributed by atoms with van der Waals surface area (Å²) in [5.41, 5.74) is 9.20. The van der Waals surface area contributed by atoms with Crippen LogP contribution < -0.4 is 0 Å². The maximum absolute atomic E-state index is 6.21. The Hall–Kier alpha value is -5.66. The molecule has 0 aliphatic rings. The van der Waals surface area contributed by atoms with Crippen molar-refractivity contribution in [2.45, 2.75) is 0 Å². The van der Waals surface area contributed by atoms with Crippen molar-refractivity contribution in [1.82, 2.24) is 0 Å². The van der Waals surface area contributed by atoms with Gasteiger partial charge in [-0.1, -0.05) is 127 Å². The minimum absolute atomic E-state index is 0.913. The smallest absolute Gasteiger partial charge is 0.135 e. The molecule has 0 saturated heterocycles. The van der Waals surface area contributed by atoms with Gasteiger partial charge in [-0.15, -0.1) is 0 Å². The average molecular weight is 547 g/mol. The molecule has 1 heteroatoms. The van der Waals surface area contributed by atoms with Crippen LogP contribution >= 0.6 is 0 Å². The number of para-hydroxylation sites is 1. The van der Waals surface area contributed by atoms with Crippen molar-refractivity contribution in [3.8, 4) is 33.4 Å². The first kappa shape index (κ1) is 24.0. The Kier molecular flexibility index (Phi) is 5.27. The third-order valence-electron chi connectivity index (χ3n) is 8.85. The van der Waals surface area contributed by atoms with Crippen molar-refractivity contribution in [2.24, 2.45) is 0 Å².